The molecule has 4 heteroatoms. The quantitative estimate of drug-likeness (QED) is 0.365. The van der Waals surface area contributed by atoms with E-state index in [1.54, 1.807) is 6.92 Å². The maximum absolute atomic E-state index is 10.9. The smallest absolute Gasteiger partial charge is 0.226 e. The fraction of sp³-hybridized carbons (Fsp3) is 0.429. The van der Waals surface area contributed by atoms with Crippen LogP contribution in [0.1, 0.15) is 13.3 Å². The summed E-state index contributed by atoms with van der Waals surface area (Å²) < 4.78 is 0. The molecule has 0 bridgehead atoms. The normalized spacial score (nSPS) is 22.6. The van der Waals surface area contributed by atoms with Gasteiger partial charge in [0.1, 0.15) is 11.3 Å². The van der Waals surface area contributed by atoms with Crippen molar-refractivity contribution in [2.45, 2.75) is 13.3 Å². The van der Waals surface area contributed by atoms with Gasteiger partial charge in [-0.15, -0.1) is 0 Å². The molecule has 1 aliphatic heterocycles. The van der Waals surface area contributed by atoms with E-state index in [2.05, 4.69) is 0 Å². The number of ketones is 1. The molecule has 0 radical (unpaired) electrons. The fourth-order valence-electron chi connectivity index (χ4n) is 0.845. The summed E-state index contributed by atoms with van der Waals surface area (Å²) in [6.45, 7) is 1.70. The highest BCUT2D eigenvalue weighted by atomic mass is 32.2. The Bertz CT molecular complexity index is 224. The molecule has 3 nitrogen and oxygen atoms in total. The minimum absolute atomic E-state index is 0.00231. The lowest BCUT2D eigenvalue weighted by Gasteiger charge is -1.95. The van der Waals surface area contributed by atoms with Gasteiger partial charge in [-0.1, -0.05) is 18.7 Å². The molecular formula is C7H8O3S. The van der Waals surface area contributed by atoms with Crippen molar-refractivity contribution >= 4 is 22.7 Å². The summed E-state index contributed by atoms with van der Waals surface area (Å²) in [6, 6.07) is 0. The first-order chi connectivity index (χ1) is 5.16. The molecule has 0 atom stereocenters. The number of Topliss-reactive ketones (excluding diaryl/α,β-unsaturated/α-hetero) is 1. The third kappa shape index (κ3) is 1.45. The van der Waals surface area contributed by atoms with E-state index in [9.17, 15) is 9.59 Å². The number of rotatable bonds is 1. The zero-order chi connectivity index (χ0) is 8.43. The van der Waals surface area contributed by atoms with Gasteiger partial charge in [-0.3, -0.25) is 9.59 Å². The third-order valence-corrected chi connectivity index (χ3v) is 2.31. The zero-order valence-corrected chi connectivity index (χ0v) is 6.90. The largest absolute Gasteiger partial charge is 0.511 e. The number of thioether (sulfide) groups is 1. The van der Waals surface area contributed by atoms with Gasteiger partial charge in [0, 0.05) is 6.42 Å². The molecule has 60 valence electrons. The fourth-order valence-corrected chi connectivity index (χ4v) is 1.63. The number of allylic oxidation sites excluding steroid dienone is 1. The van der Waals surface area contributed by atoms with Gasteiger partial charge in [-0.25, -0.2) is 0 Å². The first-order valence-electron chi connectivity index (χ1n) is 3.29. The molecule has 0 aromatic heterocycles. The number of aliphatic hydroxyl groups excluding tert-OH is 1. The van der Waals surface area contributed by atoms with Crippen LogP contribution in [0.25, 0.3) is 0 Å². The molecular weight excluding hydrogens is 164 g/mol. The lowest BCUT2D eigenvalue weighted by molar-refractivity contribution is -0.115. The number of carbonyl (C=O) groups excluding carboxylic acids is 2. The van der Waals surface area contributed by atoms with E-state index in [0.717, 1.165) is 11.8 Å². The van der Waals surface area contributed by atoms with Crippen molar-refractivity contribution in [2.24, 2.45) is 0 Å². The lowest BCUT2D eigenvalue weighted by atomic mass is 10.1. The summed E-state index contributed by atoms with van der Waals surface area (Å²) in [5, 5.41) is 8.83. The summed E-state index contributed by atoms with van der Waals surface area (Å²) in [4.78, 5) is 21.8. The van der Waals surface area contributed by atoms with Crippen LogP contribution in [0.3, 0.4) is 0 Å². The van der Waals surface area contributed by atoms with Gasteiger partial charge < -0.3 is 5.11 Å². The summed E-state index contributed by atoms with van der Waals surface area (Å²) >= 11 is 0.951. The Morgan fingerprint density at radius 3 is 2.64 bits per heavy atom. The number of aliphatic hydroxyl groups is 1. The molecule has 1 fully saturated rings. The summed E-state index contributed by atoms with van der Waals surface area (Å²) in [6.07, 6.45) is 0.341. The number of carbonyl (C=O) groups is 2. The molecule has 0 unspecified atom stereocenters. The van der Waals surface area contributed by atoms with Crippen LogP contribution in [0.15, 0.2) is 11.3 Å². The third-order valence-electron chi connectivity index (χ3n) is 1.44. The molecule has 1 rings (SSSR count). The Labute approximate surface area is 68.5 Å². The molecule has 0 aliphatic carbocycles. The van der Waals surface area contributed by atoms with Crippen LogP contribution in [-0.4, -0.2) is 21.8 Å². The second kappa shape index (κ2) is 3.09. The van der Waals surface area contributed by atoms with Crippen LogP contribution in [0.5, 0.6) is 0 Å². The number of hydrogen-bond acceptors (Lipinski definition) is 4. The van der Waals surface area contributed by atoms with Crippen molar-refractivity contribution in [2.75, 3.05) is 5.75 Å². The van der Waals surface area contributed by atoms with Crippen LogP contribution >= 0.6 is 11.8 Å². The van der Waals surface area contributed by atoms with Crippen LogP contribution in [0.4, 0.5) is 0 Å². The highest BCUT2D eigenvalue weighted by Crippen LogP contribution is 2.24. The van der Waals surface area contributed by atoms with Crippen LogP contribution in [-0.2, 0) is 9.59 Å². The van der Waals surface area contributed by atoms with Crippen molar-refractivity contribution < 1.29 is 14.7 Å². The molecule has 0 aromatic carbocycles. The van der Waals surface area contributed by atoms with E-state index in [-0.39, 0.29) is 28.0 Å². The van der Waals surface area contributed by atoms with Gasteiger partial charge in [0.05, 0.1) is 5.75 Å². The second-order valence-electron chi connectivity index (χ2n) is 2.17. The van der Waals surface area contributed by atoms with E-state index in [1.807, 2.05) is 0 Å². The van der Waals surface area contributed by atoms with Crippen LogP contribution < -0.4 is 0 Å². The molecule has 1 saturated heterocycles. The standard InChI is InChI=1S/C7H8O3S/c1-2-4(8)6-5(9)3-11-7(6)10/h8H,2-3H2,1H3. The molecule has 0 aromatic rings. The summed E-state index contributed by atoms with van der Waals surface area (Å²) in [5.41, 5.74) is -0.00231. The van der Waals surface area contributed by atoms with Gasteiger partial charge in [-0.05, 0) is 0 Å². The SMILES string of the molecule is CCC(O)=C1C(=O)CSC1=O. The van der Waals surface area contributed by atoms with Crippen molar-refractivity contribution in [1.82, 2.24) is 0 Å². The Balaban J connectivity index is 3.01. The summed E-state index contributed by atoms with van der Waals surface area (Å²) in [7, 11) is 0. The van der Waals surface area contributed by atoms with Gasteiger partial charge in [0.25, 0.3) is 0 Å². The van der Waals surface area contributed by atoms with E-state index < -0.39 is 0 Å². The molecule has 1 N–H and O–H groups in total. The topological polar surface area (TPSA) is 54.4 Å². The molecule has 1 aliphatic rings. The Hall–Kier alpha value is -0.770. The molecule has 0 saturated carbocycles. The van der Waals surface area contributed by atoms with E-state index in [4.69, 9.17) is 5.11 Å². The first-order valence-corrected chi connectivity index (χ1v) is 4.27. The van der Waals surface area contributed by atoms with E-state index in [1.165, 1.54) is 0 Å². The van der Waals surface area contributed by atoms with Crippen LogP contribution in [0, 0.1) is 0 Å². The molecule has 1 heterocycles. The predicted octanol–water partition coefficient (Wildman–Crippen LogP) is 1.05. The van der Waals surface area contributed by atoms with Crippen molar-refractivity contribution in [3.05, 3.63) is 11.3 Å². The molecule has 11 heavy (non-hydrogen) atoms. The van der Waals surface area contributed by atoms with Gasteiger partial charge in [-0.2, -0.15) is 0 Å². The second-order valence-corrected chi connectivity index (χ2v) is 3.12. The van der Waals surface area contributed by atoms with E-state index in [0.29, 0.717) is 6.42 Å². The monoisotopic (exact) mass is 172 g/mol. The zero-order valence-electron chi connectivity index (χ0n) is 6.09. The minimum Gasteiger partial charge on any atom is -0.511 e. The predicted molar refractivity (Wildman–Crippen MR) is 42.4 cm³/mol. The van der Waals surface area contributed by atoms with Gasteiger partial charge in [0.2, 0.25) is 5.12 Å². The van der Waals surface area contributed by atoms with Gasteiger partial charge in [0.15, 0.2) is 5.78 Å². The highest BCUT2D eigenvalue weighted by molar-refractivity contribution is 8.15. The van der Waals surface area contributed by atoms with Crippen molar-refractivity contribution in [1.29, 1.82) is 0 Å². The minimum atomic E-state index is -0.297. The maximum Gasteiger partial charge on any atom is 0.226 e. The van der Waals surface area contributed by atoms with E-state index >= 15 is 0 Å². The first kappa shape index (κ1) is 8.33. The number of hydrogen-bond donors (Lipinski definition) is 1. The Morgan fingerprint density at radius 1 is 1.64 bits per heavy atom. The summed E-state index contributed by atoms with van der Waals surface area (Å²) in [5.74, 6) is -0.151. The maximum atomic E-state index is 10.9. The average molecular weight is 172 g/mol. The highest BCUT2D eigenvalue weighted by Gasteiger charge is 2.29. The van der Waals surface area contributed by atoms with Gasteiger partial charge >= 0.3 is 0 Å². The Morgan fingerprint density at radius 2 is 2.27 bits per heavy atom. The Kier molecular flexibility index (Phi) is 2.34. The lowest BCUT2D eigenvalue weighted by Crippen LogP contribution is -2.04. The molecule has 0 amide bonds. The van der Waals surface area contributed by atoms with Crippen molar-refractivity contribution in [3.8, 4) is 0 Å². The van der Waals surface area contributed by atoms with Crippen LogP contribution in [0.2, 0.25) is 0 Å². The average Bonchev–Trinajstić information content (AvgIpc) is 2.30. The molecule has 0 spiro atoms. The van der Waals surface area contributed by atoms with Crippen molar-refractivity contribution in [3.63, 3.8) is 0 Å².